The molecule has 9 nitrogen and oxygen atoms in total. The van der Waals surface area contributed by atoms with Crippen molar-refractivity contribution in [3.05, 3.63) is 29.8 Å². The number of rotatable bonds is 6. The number of aliphatic hydroxyl groups is 1. The van der Waals surface area contributed by atoms with Crippen LogP contribution in [0, 0.1) is 18.3 Å². The fourth-order valence-electron chi connectivity index (χ4n) is 3.57. The van der Waals surface area contributed by atoms with E-state index in [4.69, 9.17) is 0 Å². The van der Waals surface area contributed by atoms with Gasteiger partial charge in [0.25, 0.3) is 10.0 Å². The van der Waals surface area contributed by atoms with Gasteiger partial charge >= 0.3 is 6.55 Å². The van der Waals surface area contributed by atoms with Crippen molar-refractivity contribution in [1.29, 1.82) is 0 Å². The van der Waals surface area contributed by atoms with Gasteiger partial charge in [0.2, 0.25) is 5.91 Å². The maximum Gasteiger partial charge on any atom is 0.333 e. The highest BCUT2D eigenvalue weighted by Crippen LogP contribution is 2.35. The van der Waals surface area contributed by atoms with E-state index in [0.717, 1.165) is 10.5 Å². The molecule has 3 heterocycles. The van der Waals surface area contributed by atoms with Gasteiger partial charge in [-0.25, -0.2) is 13.1 Å². The van der Waals surface area contributed by atoms with Gasteiger partial charge in [-0.05, 0) is 24.8 Å². The lowest BCUT2D eigenvalue weighted by molar-refractivity contribution is -0.117. The number of nitrogens with zero attached hydrogens (tertiary/aromatic N) is 4. The predicted molar refractivity (Wildman–Crippen MR) is 114 cm³/mol. The summed E-state index contributed by atoms with van der Waals surface area (Å²) in [6.07, 6.45) is 2.82. The number of carbonyl (C=O) groups is 1. The average Bonchev–Trinajstić information content (AvgIpc) is 3.08. The maximum absolute atomic E-state index is 13.4. The van der Waals surface area contributed by atoms with Crippen LogP contribution in [0.3, 0.4) is 0 Å². The number of alkyl halides is 2. The number of hydrogen-bond acceptors (Lipinski definition) is 6. The molecular weight excluding hydrogens is 444 g/mol. The largest absolute Gasteiger partial charge is 0.396 e. The second-order valence-electron chi connectivity index (χ2n) is 9.10. The number of carbonyl (C=O) groups excluding carboxylic acids is 1. The molecule has 0 radical (unpaired) electrons. The van der Waals surface area contributed by atoms with E-state index >= 15 is 0 Å². The molecule has 2 N–H and O–H groups in total. The average molecular weight is 472 g/mol. The molecule has 2 aromatic rings. The molecule has 0 bridgehead atoms. The fourth-order valence-corrected chi connectivity index (χ4v) is 5.28. The van der Waals surface area contributed by atoms with Crippen LogP contribution in [0.2, 0.25) is 0 Å². The summed E-state index contributed by atoms with van der Waals surface area (Å²) in [7, 11) is -4.28. The Hall–Kier alpha value is -2.60. The predicted octanol–water partition coefficient (Wildman–Crippen LogP) is 2.72. The van der Waals surface area contributed by atoms with Crippen molar-refractivity contribution in [3.8, 4) is 0 Å². The summed E-state index contributed by atoms with van der Waals surface area (Å²) in [6.45, 7) is 3.78. The molecule has 0 saturated heterocycles. The Balaban J connectivity index is 2.01. The van der Waals surface area contributed by atoms with E-state index in [0.29, 0.717) is 17.8 Å². The molecule has 1 atom stereocenters. The summed E-state index contributed by atoms with van der Waals surface area (Å²) in [5.74, 6) is -0.664. The second kappa shape index (κ2) is 8.74. The summed E-state index contributed by atoms with van der Waals surface area (Å²) >= 11 is 0. The number of nitrogens with one attached hydrogen (secondary N) is 1. The van der Waals surface area contributed by atoms with Gasteiger partial charge in [-0.3, -0.25) is 14.1 Å². The van der Waals surface area contributed by atoms with Gasteiger partial charge in [-0.1, -0.05) is 20.8 Å². The highest BCUT2D eigenvalue weighted by molar-refractivity contribution is 7.92. The van der Waals surface area contributed by atoms with Crippen molar-refractivity contribution in [2.24, 2.45) is 11.3 Å². The number of sulfonamides is 1. The van der Waals surface area contributed by atoms with E-state index in [1.165, 1.54) is 19.2 Å². The summed E-state index contributed by atoms with van der Waals surface area (Å²) in [5, 5.41) is 16.0. The summed E-state index contributed by atoms with van der Waals surface area (Å²) in [5.41, 5.74) is 0.665. The van der Waals surface area contributed by atoms with Crippen molar-refractivity contribution in [1.82, 2.24) is 14.8 Å². The zero-order valence-corrected chi connectivity index (χ0v) is 19.2. The standard InChI is InChI=1S/C20H27F2N5O4S/c1-12-17(10-26(25-12)19(21)22)32(30,31)27-9-13(11-28)5-15-16(27)6-14(8-23-15)24-18(29)7-20(2,3)4/h6,8,10,13,19,28H,5,7,9,11H2,1-4H3,(H,24,29). The van der Waals surface area contributed by atoms with Crippen molar-refractivity contribution in [2.75, 3.05) is 22.8 Å². The van der Waals surface area contributed by atoms with Crippen molar-refractivity contribution in [2.45, 2.75) is 52.0 Å². The molecule has 176 valence electrons. The number of anilines is 2. The first-order valence-electron chi connectivity index (χ1n) is 10.1. The van der Waals surface area contributed by atoms with Crippen LogP contribution in [-0.2, 0) is 21.2 Å². The normalized spacial score (nSPS) is 16.9. The van der Waals surface area contributed by atoms with E-state index in [2.05, 4.69) is 15.4 Å². The molecule has 12 heteroatoms. The Morgan fingerprint density at radius 3 is 2.62 bits per heavy atom. The Kier molecular flexibility index (Phi) is 6.57. The number of pyridine rings is 1. The van der Waals surface area contributed by atoms with Crippen LogP contribution in [-0.4, -0.2) is 47.3 Å². The lowest BCUT2D eigenvalue weighted by Crippen LogP contribution is -2.41. The third-order valence-electron chi connectivity index (χ3n) is 4.99. The van der Waals surface area contributed by atoms with Crippen LogP contribution in [0.1, 0.15) is 45.1 Å². The molecule has 3 rings (SSSR count). The van der Waals surface area contributed by atoms with Crippen LogP contribution in [0.4, 0.5) is 20.2 Å². The molecule has 0 fully saturated rings. The van der Waals surface area contributed by atoms with Crippen molar-refractivity contribution in [3.63, 3.8) is 0 Å². The molecular formula is C20H27F2N5O4S. The third-order valence-corrected chi connectivity index (χ3v) is 6.88. The molecule has 1 amide bonds. The van der Waals surface area contributed by atoms with Gasteiger partial charge < -0.3 is 10.4 Å². The second-order valence-corrected chi connectivity index (χ2v) is 10.9. The summed E-state index contributed by atoms with van der Waals surface area (Å²) in [4.78, 5) is 16.3. The van der Waals surface area contributed by atoms with Crippen LogP contribution >= 0.6 is 0 Å². The van der Waals surface area contributed by atoms with Gasteiger partial charge in [0.15, 0.2) is 0 Å². The van der Waals surface area contributed by atoms with E-state index in [-0.39, 0.29) is 51.9 Å². The van der Waals surface area contributed by atoms with E-state index < -0.39 is 22.5 Å². The topological polar surface area (TPSA) is 117 Å². The number of aromatic nitrogens is 3. The monoisotopic (exact) mass is 471 g/mol. The van der Waals surface area contributed by atoms with E-state index in [1.54, 1.807) is 0 Å². The first kappa shape index (κ1) is 24.1. The molecule has 1 aliphatic heterocycles. The van der Waals surface area contributed by atoms with E-state index in [1.807, 2.05) is 20.8 Å². The zero-order chi connectivity index (χ0) is 23.8. The summed E-state index contributed by atoms with van der Waals surface area (Å²) in [6, 6.07) is 1.50. The summed E-state index contributed by atoms with van der Waals surface area (Å²) < 4.78 is 54.3. The molecule has 32 heavy (non-hydrogen) atoms. The fraction of sp³-hybridized carbons (Fsp3) is 0.550. The number of aryl methyl sites for hydroxylation is 1. The van der Waals surface area contributed by atoms with Crippen molar-refractivity contribution >= 4 is 27.3 Å². The lowest BCUT2D eigenvalue weighted by Gasteiger charge is -2.34. The minimum absolute atomic E-state index is 0.0633. The number of aliphatic hydroxyl groups excluding tert-OH is 1. The molecule has 0 saturated carbocycles. The molecule has 0 aromatic carbocycles. The van der Waals surface area contributed by atoms with Gasteiger partial charge in [0, 0.05) is 25.5 Å². The van der Waals surface area contributed by atoms with Crippen LogP contribution in [0.25, 0.3) is 0 Å². The van der Waals surface area contributed by atoms with Crippen LogP contribution in [0.15, 0.2) is 23.4 Å². The van der Waals surface area contributed by atoms with Gasteiger partial charge in [-0.2, -0.15) is 13.9 Å². The van der Waals surface area contributed by atoms with E-state index in [9.17, 15) is 27.1 Å². The lowest BCUT2D eigenvalue weighted by atomic mass is 9.92. The number of halogens is 2. The van der Waals surface area contributed by atoms with Crippen molar-refractivity contribution < 1.29 is 27.1 Å². The number of fused-ring (bicyclic) bond motifs is 1. The molecule has 1 unspecified atom stereocenters. The first-order valence-corrected chi connectivity index (χ1v) is 11.5. The number of hydrogen-bond donors (Lipinski definition) is 2. The van der Waals surface area contributed by atoms with Gasteiger partial charge in [-0.15, -0.1) is 0 Å². The van der Waals surface area contributed by atoms with Crippen LogP contribution in [0.5, 0.6) is 0 Å². The minimum atomic E-state index is -4.28. The quantitative estimate of drug-likeness (QED) is 0.669. The Morgan fingerprint density at radius 1 is 1.38 bits per heavy atom. The first-order chi connectivity index (χ1) is 14.8. The minimum Gasteiger partial charge on any atom is -0.396 e. The zero-order valence-electron chi connectivity index (χ0n) is 18.3. The Morgan fingerprint density at radius 2 is 2.06 bits per heavy atom. The maximum atomic E-state index is 13.4. The number of amides is 1. The molecule has 0 spiro atoms. The van der Waals surface area contributed by atoms with Gasteiger partial charge in [0.1, 0.15) is 4.90 Å². The SMILES string of the molecule is Cc1nn(C(F)F)cc1S(=O)(=O)N1CC(CO)Cc2ncc(NC(=O)CC(C)(C)C)cc21. The Labute approximate surface area is 185 Å². The van der Waals surface area contributed by atoms with Crippen LogP contribution < -0.4 is 9.62 Å². The molecule has 1 aliphatic rings. The highest BCUT2D eigenvalue weighted by Gasteiger charge is 2.36. The molecule has 0 aliphatic carbocycles. The Bertz CT molecular complexity index is 1110. The third kappa shape index (κ3) is 5.07. The highest BCUT2D eigenvalue weighted by atomic mass is 32.2. The van der Waals surface area contributed by atoms with Gasteiger partial charge in [0.05, 0.1) is 35.2 Å². The smallest absolute Gasteiger partial charge is 0.333 e. The molecule has 2 aromatic heterocycles.